The van der Waals surface area contributed by atoms with Gasteiger partial charge in [0, 0.05) is 23.3 Å². The van der Waals surface area contributed by atoms with Crippen molar-refractivity contribution in [1.29, 1.82) is 0 Å². The van der Waals surface area contributed by atoms with Crippen LogP contribution in [0.2, 0.25) is 0 Å². The lowest BCUT2D eigenvalue weighted by molar-refractivity contribution is -0.140. The van der Waals surface area contributed by atoms with E-state index in [-0.39, 0.29) is 22.7 Å². The summed E-state index contributed by atoms with van der Waals surface area (Å²) < 4.78 is 38.7. The van der Waals surface area contributed by atoms with Crippen LogP contribution in [0.4, 0.5) is 13.2 Å². The summed E-state index contributed by atoms with van der Waals surface area (Å²) in [4.78, 5) is 30.8. The van der Waals surface area contributed by atoms with Gasteiger partial charge in [-0.1, -0.05) is 0 Å². The lowest BCUT2D eigenvalue weighted by Crippen LogP contribution is -2.35. The third-order valence-corrected chi connectivity index (χ3v) is 3.75. The highest BCUT2D eigenvalue weighted by Gasteiger charge is 2.42. The Hall–Kier alpha value is -2.71. The minimum Gasteiger partial charge on any atom is -0.481 e. The fourth-order valence-electron chi connectivity index (χ4n) is 2.75. The number of nitrogens with zero attached hydrogens (tertiary/aromatic N) is 2. The van der Waals surface area contributed by atoms with Crippen LogP contribution in [0.25, 0.3) is 0 Å². The van der Waals surface area contributed by atoms with E-state index < -0.39 is 35.5 Å². The molecule has 9 heteroatoms. The van der Waals surface area contributed by atoms with Crippen LogP contribution < -0.4 is 0 Å². The topological polar surface area (TPSA) is 99.9 Å². The van der Waals surface area contributed by atoms with Gasteiger partial charge in [0.05, 0.1) is 17.1 Å². The largest absolute Gasteiger partial charge is 0.481 e. The summed E-state index contributed by atoms with van der Waals surface area (Å²) in [6.45, 7) is 2.76. The van der Waals surface area contributed by atoms with E-state index in [1.165, 1.54) is 13.8 Å². The van der Waals surface area contributed by atoms with Gasteiger partial charge in [0.1, 0.15) is 5.92 Å². The molecule has 24 heavy (non-hydrogen) atoms. The Bertz CT molecular complexity index is 768. The predicted molar refractivity (Wildman–Crippen MR) is 76.6 cm³/mol. The second-order valence-electron chi connectivity index (χ2n) is 5.32. The van der Waals surface area contributed by atoms with Crippen molar-refractivity contribution in [3.05, 3.63) is 40.9 Å². The number of alkyl halides is 3. The molecule has 1 aromatic rings. The number of aliphatic imine (C=N–C) groups is 1. The smallest absolute Gasteiger partial charge is 0.416 e. The Morgan fingerprint density at radius 2 is 1.83 bits per heavy atom. The molecule has 2 atom stereocenters. The summed E-state index contributed by atoms with van der Waals surface area (Å²) in [7, 11) is 0. The van der Waals surface area contributed by atoms with Gasteiger partial charge in [-0.25, -0.2) is 4.79 Å². The molecule has 0 amide bonds. The SMILES string of the molecule is CC1=NC(C)=C(C(=O)O)C(c2cc(C(F)(F)F)ccn2)C1C(=O)O. The Labute approximate surface area is 134 Å². The average Bonchev–Trinajstić information content (AvgIpc) is 2.44. The van der Waals surface area contributed by atoms with Crippen molar-refractivity contribution in [3.8, 4) is 0 Å². The van der Waals surface area contributed by atoms with Gasteiger partial charge in [-0.05, 0) is 26.0 Å². The van der Waals surface area contributed by atoms with Crippen molar-refractivity contribution in [2.45, 2.75) is 25.9 Å². The lowest BCUT2D eigenvalue weighted by Gasteiger charge is -2.29. The van der Waals surface area contributed by atoms with Crippen LogP contribution in [0.5, 0.6) is 0 Å². The molecule has 1 aliphatic rings. The second kappa shape index (κ2) is 6.06. The van der Waals surface area contributed by atoms with E-state index in [0.29, 0.717) is 6.07 Å². The van der Waals surface area contributed by atoms with Gasteiger partial charge < -0.3 is 10.2 Å². The molecule has 0 radical (unpaired) electrons. The number of aliphatic carboxylic acids is 2. The van der Waals surface area contributed by atoms with Gasteiger partial charge in [-0.3, -0.25) is 14.8 Å². The van der Waals surface area contributed by atoms with Gasteiger partial charge in [-0.15, -0.1) is 0 Å². The first-order chi connectivity index (χ1) is 11.0. The molecule has 2 heterocycles. The molecule has 0 saturated carbocycles. The first-order valence-electron chi connectivity index (χ1n) is 6.79. The van der Waals surface area contributed by atoms with Gasteiger partial charge in [-0.2, -0.15) is 13.2 Å². The number of hydrogen-bond donors (Lipinski definition) is 2. The molecule has 2 N–H and O–H groups in total. The molecular formula is C15H13F3N2O4. The average molecular weight is 342 g/mol. The zero-order valence-electron chi connectivity index (χ0n) is 12.6. The maximum absolute atomic E-state index is 12.9. The quantitative estimate of drug-likeness (QED) is 0.880. The van der Waals surface area contributed by atoms with Gasteiger partial charge in [0.2, 0.25) is 0 Å². The Balaban J connectivity index is 2.69. The summed E-state index contributed by atoms with van der Waals surface area (Å²) in [6, 6.07) is 1.41. The summed E-state index contributed by atoms with van der Waals surface area (Å²) in [6.07, 6.45) is -3.77. The number of carboxylic acids is 2. The number of aromatic nitrogens is 1. The van der Waals surface area contributed by atoms with E-state index in [4.69, 9.17) is 0 Å². The standard InChI is InChI=1S/C15H13F3N2O4/c1-6-10(13(21)22)12(11(14(23)24)7(2)20-6)9-5-8(3-4-19-9)15(16,17)18/h3-5,10,12H,1-2H3,(H,21,22)(H,23,24). The highest BCUT2D eigenvalue weighted by atomic mass is 19.4. The molecule has 1 aromatic heterocycles. The van der Waals surface area contributed by atoms with E-state index >= 15 is 0 Å². The fourth-order valence-corrected chi connectivity index (χ4v) is 2.75. The predicted octanol–water partition coefficient (Wildman–Crippen LogP) is 2.72. The van der Waals surface area contributed by atoms with Gasteiger partial charge in [0.25, 0.3) is 0 Å². The summed E-state index contributed by atoms with van der Waals surface area (Å²) in [5, 5.41) is 18.8. The number of pyridine rings is 1. The van der Waals surface area contributed by atoms with Crippen LogP contribution >= 0.6 is 0 Å². The van der Waals surface area contributed by atoms with Crippen LogP contribution in [0.15, 0.2) is 34.6 Å². The highest BCUT2D eigenvalue weighted by Crippen LogP contribution is 2.40. The summed E-state index contributed by atoms with van der Waals surface area (Å²) >= 11 is 0. The second-order valence-corrected chi connectivity index (χ2v) is 5.32. The number of carbonyl (C=O) groups is 2. The Morgan fingerprint density at radius 3 is 2.33 bits per heavy atom. The molecule has 0 spiro atoms. The van der Waals surface area contributed by atoms with Crippen LogP contribution in [0.3, 0.4) is 0 Å². The monoisotopic (exact) mass is 342 g/mol. The molecule has 2 rings (SSSR count). The first-order valence-corrected chi connectivity index (χ1v) is 6.79. The first kappa shape index (κ1) is 17.6. The zero-order valence-corrected chi connectivity index (χ0v) is 12.6. The van der Waals surface area contributed by atoms with E-state index in [2.05, 4.69) is 9.98 Å². The Kier molecular flexibility index (Phi) is 4.46. The van der Waals surface area contributed by atoms with Gasteiger partial charge in [0.15, 0.2) is 0 Å². The van der Waals surface area contributed by atoms with E-state index in [1.54, 1.807) is 0 Å². The molecule has 0 saturated heterocycles. The normalized spacial score (nSPS) is 21.5. The number of halogens is 3. The van der Waals surface area contributed by atoms with E-state index in [9.17, 15) is 33.0 Å². The van der Waals surface area contributed by atoms with Crippen molar-refractivity contribution in [3.63, 3.8) is 0 Å². The van der Waals surface area contributed by atoms with Crippen LogP contribution in [-0.4, -0.2) is 32.8 Å². The highest BCUT2D eigenvalue weighted by molar-refractivity contribution is 6.06. The molecule has 0 aromatic carbocycles. The summed E-state index contributed by atoms with van der Waals surface area (Å²) in [5.41, 5.74) is -1.53. The number of carboxylic acid groups (broad SMARTS) is 2. The number of allylic oxidation sites excluding steroid dienone is 1. The molecule has 0 aliphatic carbocycles. The van der Waals surface area contributed by atoms with Gasteiger partial charge >= 0.3 is 18.1 Å². The van der Waals surface area contributed by atoms with Crippen molar-refractivity contribution >= 4 is 17.7 Å². The molecular weight excluding hydrogens is 329 g/mol. The van der Waals surface area contributed by atoms with Crippen LogP contribution in [0.1, 0.15) is 31.0 Å². The minimum absolute atomic E-state index is 0.0433. The van der Waals surface area contributed by atoms with Crippen LogP contribution in [0, 0.1) is 5.92 Å². The molecule has 1 aliphatic heterocycles. The molecule has 0 bridgehead atoms. The molecule has 128 valence electrons. The van der Waals surface area contributed by atoms with Crippen molar-refractivity contribution in [2.24, 2.45) is 10.9 Å². The third-order valence-electron chi connectivity index (χ3n) is 3.75. The maximum atomic E-state index is 12.9. The zero-order chi connectivity index (χ0) is 18.2. The maximum Gasteiger partial charge on any atom is 0.416 e. The third kappa shape index (κ3) is 3.15. The summed E-state index contributed by atoms with van der Waals surface area (Å²) in [5.74, 6) is -5.60. The van der Waals surface area contributed by atoms with E-state index in [0.717, 1.165) is 12.3 Å². The lowest BCUT2D eigenvalue weighted by atomic mass is 9.77. The Morgan fingerprint density at radius 1 is 1.21 bits per heavy atom. The number of hydrogen-bond acceptors (Lipinski definition) is 4. The van der Waals surface area contributed by atoms with Crippen molar-refractivity contribution in [1.82, 2.24) is 4.98 Å². The fraction of sp³-hybridized carbons (Fsp3) is 0.333. The molecule has 6 nitrogen and oxygen atoms in total. The van der Waals surface area contributed by atoms with E-state index in [1.807, 2.05) is 0 Å². The minimum atomic E-state index is -4.66. The van der Waals surface area contributed by atoms with Crippen LogP contribution in [-0.2, 0) is 15.8 Å². The molecule has 0 fully saturated rings. The van der Waals surface area contributed by atoms with Crippen molar-refractivity contribution < 1.29 is 33.0 Å². The van der Waals surface area contributed by atoms with Crippen molar-refractivity contribution in [2.75, 3.05) is 0 Å². The number of rotatable bonds is 3. The molecule has 2 unspecified atom stereocenters.